The van der Waals surface area contributed by atoms with Crippen LogP contribution in [-0.4, -0.2) is 191 Å². The molecule has 5 amide bonds. The summed E-state index contributed by atoms with van der Waals surface area (Å²) in [4.78, 5) is 80.9. The molecule has 24 heteroatoms. The predicted molar refractivity (Wildman–Crippen MR) is 297 cm³/mol. The number of likely N-dealkylation sites (N-methyl/N-ethyl adjacent to an activating group) is 1. The van der Waals surface area contributed by atoms with Gasteiger partial charge in [0.2, 0.25) is 5.91 Å². The normalized spacial score (nSPS) is 26.2. The van der Waals surface area contributed by atoms with E-state index in [0.29, 0.717) is 25.3 Å². The van der Waals surface area contributed by atoms with Crippen molar-refractivity contribution in [2.45, 2.75) is 258 Å². The Balaban J connectivity index is 2.11. The van der Waals surface area contributed by atoms with Gasteiger partial charge in [-0.25, -0.2) is 19.2 Å². The van der Waals surface area contributed by atoms with Crippen molar-refractivity contribution in [1.29, 1.82) is 0 Å². The van der Waals surface area contributed by atoms with E-state index in [-0.39, 0.29) is 39.0 Å². The molecule has 2 heterocycles. The van der Waals surface area contributed by atoms with E-state index in [1.165, 1.54) is 11.9 Å². The maximum Gasteiger partial charge on any atom is 0.410 e. The molecule has 80 heavy (non-hydrogen) atoms. The molecule has 0 aromatic heterocycles. The lowest BCUT2D eigenvalue weighted by Crippen LogP contribution is -2.70. The molecule has 0 radical (unpaired) electrons. The topological polar surface area (TPSA) is 312 Å². The lowest BCUT2D eigenvalue weighted by atomic mass is 9.72. The van der Waals surface area contributed by atoms with Crippen molar-refractivity contribution in [3.8, 4) is 0 Å². The van der Waals surface area contributed by atoms with E-state index in [9.17, 15) is 44.1 Å². The first-order valence-corrected chi connectivity index (χ1v) is 28.1. The molecule has 462 valence electrons. The number of aliphatic hydroxyl groups is 3. The van der Waals surface area contributed by atoms with Gasteiger partial charge in [0, 0.05) is 43.6 Å². The van der Waals surface area contributed by atoms with Gasteiger partial charge in [-0.15, -0.1) is 0 Å². The number of carbonyl (C=O) groups is 6. The number of nitrogens with zero attached hydrogens (tertiary/aromatic N) is 1. The number of alkyl carbamates (subject to hydrolysis) is 3. The van der Waals surface area contributed by atoms with E-state index >= 15 is 0 Å². The van der Waals surface area contributed by atoms with Crippen LogP contribution in [0.2, 0.25) is 0 Å². The van der Waals surface area contributed by atoms with E-state index in [4.69, 9.17) is 37.9 Å². The molecule has 24 nitrogen and oxygen atoms in total. The molecule has 2 aliphatic heterocycles. The van der Waals surface area contributed by atoms with E-state index in [1.54, 1.807) is 125 Å². The Morgan fingerprint density at radius 3 is 1.80 bits per heavy atom. The Morgan fingerprint density at radius 1 is 0.700 bits per heavy atom. The zero-order chi connectivity index (χ0) is 60.9. The first-order valence-electron chi connectivity index (χ1n) is 28.1. The van der Waals surface area contributed by atoms with Gasteiger partial charge in [0.15, 0.2) is 6.29 Å². The Kier molecular flexibility index (Phi) is 25.2. The van der Waals surface area contributed by atoms with Crippen LogP contribution in [0.15, 0.2) is 11.8 Å². The molecule has 0 bridgehead atoms. The average molecular weight is 1140 g/mol. The number of unbranched alkanes of at least 4 members (excludes halogenated alkanes) is 2. The van der Waals surface area contributed by atoms with Crippen molar-refractivity contribution in [1.82, 2.24) is 36.8 Å². The summed E-state index contributed by atoms with van der Waals surface area (Å²) in [7, 11) is 1.49. The lowest BCUT2D eigenvalue weighted by molar-refractivity contribution is -0.294. The molecule has 1 saturated carbocycles. The van der Waals surface area contributed by atoms with Crippen LogP contribution in [0, 0.1) is 11.3 Å². The van der Waals surface area contributed by atoms with Crippen LogP contribution in [-0.2, 0) is 47.5 Å². The minimum absolute atomic E-state index is 0.0492. The molecule has 0 aromatic rings. The summed E-state index contributed by atoms with van der Waals surface area (Å²) >= 11 is 0. The van der Waals surface area contributed by atoms with Crippen LogP contribution in [0.1, 0.15) is 163 Å². The van der Waals surface area contributed by atoms with Crippen molar-refractivity contribution in [2.24, 2.45) is 11.3 Å². The van der Waals surface area contributed by atoms with Crippen LogP contribution < -0.4 is 31.9 Å². The Bertz CT molecular complexity index is 2070. The highest BCUT2D eigenvalue weighted by Crippen LogP contribution is 2.40. The predicted octanol–water partition coefficient (Wildman–Crippen LogP) is 5.03. The fourth-order valence-electron chi connectivity index (χ4n) is 9.58. The van der Waals surface area contributed by atoms with Crippen molar-refractivity contribution >= 4 is 36.2 Å². The fourth-order valence-corrected chi connectivity index (χ4v) is 9.58. The number of amides is 5. The first kappa shape index (κ1) is 69.5. The molecule has 9 N–H and O–H groups in total. The highest BCUT2D eigenvalue weighted by atomic mass is 16.7. The van der Waals surface area contributed by atoms with Gasteiger partial charge in [0.05, 0.1) is 31.3 Å². The van der Waals surface area contributed by atoms with E-state index < -0.39 is 143 Å². The quantitative estimate of drug-likeness (QED) is 0.0413. The monoisotopic (exact) mass is 1140 g/mol. The fraction of sp³-hybridized carbons (Fsp3) is 0.857. The van der Waals surface area contributed by atoms with Gasteiger partial charge in [-0.3, -0.25) is 14.9 Å². The molecule has 12 atom stereocenters. The van der Waals surface area contributed by atoms with Gasteiger partial charge in [-0.1, -0.05) is 20.3 Å². The molecule has 3 aliphatic rings. The van der Waals surface area contributed by atoms with Crippen LogP contribution >= 0.6 is 0 Å². The van der Waals surface area contributed by atoms with Crippen molar-refractivity contribution < 1.29 is 82.0 Å². The van der Waals surface area contributed by atoms with Crippen LogP contribution in [0.3, 0.4) is 0 Å². The van der Waals surface area contributed by atoms with Gasteiger partial charge in [-0.05, 0) is 156 Å². The molecule has 1 aliphatic carbocycles. The van der Waals surface area contributed by atoms with Crippen LogP contribution in [0.5, 0.6) is 0 Å². The van der Waals surface area contributed by atoms with Crippen molar-refractivity contribution in [2.75, 3.05) is 39.8 Å². The minimum atomic E-state index is -1.71. The summed E-state index contributed by atoms with van der Waals surface area (Å²) < 4.78 is 47.6. The smallest absolute Gasteiger partial charge is 0.410 e. The third-order valence-electron chi connectivity index (χ3n) is 12.8. The Labute approximate surface area is 474 Å². The Morgan fingerprint density at radius 2 is 1.24 bits per heavy atom. The summed E-state index contributed by atoms with van der Waals surface area (Å²) in [6.07, 6.45) is -7.95. The number of aliphatic hydroxyl groups excluding tert-OH is 3. The Hall–Kier alpha value is -4.72. The van der Waals surface area contributed by atoms with E-state index in [0.717, 1.165) is 12.8 Å². The summed E-state index contributed by atoms with van der Waals surface area (Å²) in [5.41, 5.74) is -4.95. The van der Waals surface area contributed by atoms with Gasteiger partial charge >= 0.3 is 30.3 Å². The number of nitrogens with one attached hydrogen (secondary N) is 6. The largest absolute Gasteiger partial charge is 0.492 e. The third kappa shape index (κ3) is 24.0. The highest BCUT2D eigenvalue weighted by Gasteiger charge is 2.56. The van der Waals surface area contributed by atoms with Gasteiger partial charge in [0.25, 0.3) is 0 Å². The zero-order valence-electron chi connectivity index (χ0n) is 51.3. The number of hydrogen-bond acceptors (Lipinski definition) is 19. The summed E-state index contributed by atoms with van der Waals surface area (Å²) in [6.45, 7) is 32.2. The molecule has 1 saturated heterocycles. The van der Waals surface area contributed by atoms with Crippen molar-refractivity contribution in [3.05, 3.63) is 11.8 Å². The van der Waals surface area contributed by atoms with Crippen LogP contribution in [0.25, 0.3) is 0 Å². The molecule has 0 aromatic carbocycles. The average Bonchev–Trinajstić information content (AvgIpc) is 3.26. The second-order valence-corrected chi connectivity index (χ2v) is 26.9. The minimum Gasteiger partial charge on any atom is -0.492 e. The van der Waals surface area contributed by atoms with E-state index in [2.05, 4.69) is 31.9 Å². The standard InChI is InChI=1S/C56H101N7O17/c1-32(45(68)76-51(2,3)4)60-34-24-23-33(30-57-26-21-20-22-27-58-47(69)77-52(5,6)7)74-41(34)38-35(62-49(71)79-54(11,12)13)29-36(61-44(67)37(64)25-28-59-48(70)78-53(8,9)10)42(39(38)65)75-46-40(66)43(56(17,18)31-73-46)63(19)50(72)80-55(14,15)16/h23,32,34-43,46,57,60,64-66H,20-22,24-31H2,1-19H3,(H,58,69)(H,59,70)(H,61,67)(H,62,71). The first-order chi connectivity index (χ1) is 36.6. The number of ether oxygens (including phenoxy) is 8. The molecular formula is C56H101N7O17. The molecule has 3 rings (SSSR count). The number of rotatable bonds is 21. The lowest BCUT2D eigenvalue weighted by Gasteiger charge is -2.52. The summed E-state index contributed by atoms with van der Waals surface area (Å²) in [5, 5.41) is 54.4. The van der Waals surface area contributed by atoms with Gasteiger partial charge in [0.1, 0.15) is 64.2 Å². The second kappa shape index (κ2) is 29.0. The number of esters is 1. The molecule has 0 spiro atoms. The highest BCUT2D eigenvalue weighted by molar-refractivity contribution is 5.81. The van der Waals surface area contributed by atoms with Gasteiger partial charge < -0.3 is 84.7 Å². The maximum atomic E-state index is 14.1. The number of carbonyl (C=O) groups excluding carboxylic acids is 6. The van der Waals surface area contributed by atoms with E-state index in [1.807, 2.05) is 6.08 Å². The molecular weight excluding hydrogens is 1040 g/mol. The molecule has 12 unspecified atom stereocenters. The maximum absolute atomic E-state index is 14.1. The van der Waals surface area contributed by atoms with Crippen molar-refractivity contribution in [3.63, 3.8) is 0 Å². The SMILES string of the molecule is CC(NC1CC=C(CNCCCCCNC(=O)OC(C)(C)C)OC1C1C(NC(=O)OC(C)(C)C)CC(NC(=O)C(O)CCNC(=O)OC(C)(C)C)C(OC2OCC(C)(C)C(N(C)C(=O)OC(C)(C)C)C2O)C1O)C(=O)OC(C)(C)C. The second-order valence-electron chi connectivity index (χ2n) is 26.9. The van der Waals surface area contributed by atoms with Crippen LogP contribution in [0.4, 0.5) is 19.2 Å². The third-order valence-corrected chi connectivity index (χ3v) is 12.8. The summed E-state index contributed by atoms with van der Waals surface area (Å²) in [5.74, 6) is -2.13. The van der Waals surface area contributed by atoms with Gasteiger partial charge in [-0.2, -0.15) is 0 Å². The number of hydrogen-bond donors (Lipinski definition) is 9. The summed E-state index contributed by atoms with van der Waals surface area (Å²) in [6, 6.07) is -4.95. The molecule has 2 fully saturated rings. The zero-order valence-corrected chi connectivity index (χ0v) is 51.3.